The highest BCUT2D eigenvalue weighted by molar-refractivity contribution is 7.92. The van der Waals surface area contributed by atoms with E-state index in [0.29, 0.717) is 23.0 Å². The number of hydrogen-bond donors (Lipinski definition) is 1. The van der Waals surface area contributed by atoms with Gasteiger partial charge in [-0.2, -0.15) is 0 Å². The molecule has 0 radical (unpaired) electrons. The third kappa shape index (κ3) is 3.78. The van der Waals surface area contributed by atoms with Gasteiger partial charge in [0, 0.05) is 18.2 Å². The molecule has 1 heterocycles. The van der Waals surface area contributed by atoms with E-state index < -0.39 is 10.0 Å². The maximum Gasteiger partial charge on any atom is 0.264 e. The first-order valence-corrected chi connectivity index (χ1v) is 12.8. The average molecular weight is 461 g/mol. The van der Waals surface area contributed by atoms with Gasteiger partial charge in [0.05, 0.1) is 23.7 Å². The van der Waals surface area contributed by atoms with Crippen LogP contribution in [0.2, 0.25) is 0 Å². The summed E-state index contributed by atoms with van der Waals surface area (Å²) in [4.78, 5) is 0.327. The van der Waals surface area contributed by atoms with Crippen molar-refractivity contribution < 1.29 is 13.2 Å². The monoisotopic (exact) mass is 460 g/mol. The van der Waals surface area contributed by atoms with Crippen LogP contribution < -0.4 is 14.4 Å². The summed E-state index contributed by atoms with van der Waals surface area (Å²) >= 11 is 0. The van der Waals surface area contributed by atoms with Gasteiger partial charge >= 0.3 is 0 Å². The van der Waals surface area contributed by atoms with Crippen molar-refractivity contribution >= 4 is 21.4 Å². The standard InChI is InChI=1S/C27H28N2O3S/c1-3-29(20-10-5-4-6-11-20)33(30,31)22-15-16-26-25(18-22)23-13-8-14-24(23)27(28-26)19-9-7-12-21(17-19)32-2/h4-13,15-18,23-24,27-28H,3,14H2,1-2H3. The number of nitrogens with one attached hydrogen (secondary N) is 1. The SMILES string of the molecule is CCN(c1ccccc1)S(=O)(=O)c1ccc2c(c1)C1C=CCC1C(c1cccc(OC)c1)N2. The van der Waals surface area contributed by atoms with Crippen molar-refractivity contribution in [2.45, 2.75) is 30.2 Å². The van der Waals surface area contributed by atoms with Gasteiger partial charge in [-0.25, -0.2) is 8.42 Å². The Kier molecular flexibility index (Phi) is 5.62. The lowest BCUT2D eigenvalue weighted by Gasteiger charge is -2.38. The van der Waals surface area contributed by atoms with Gasteiger partial charge in [0.25, 0.3) is 10.0 Å². The second-order valence-electron chi connectivity index (χ2n) is 8.51. The lowest BCUT2D eigenvalue weighted by molar-refractivity contribution is 0.406. The molecule has 33 heavy (non-hydrogen) atoms. The Morgan fingerprint density at radius 1 is 1.03 bits per heavy atom. The van der Waals surface area contributed by atoms with Crippen LogP contribution in [-0.4, -0.2) is 22.1 Å². The molecular formula is C27H28N2O3S. The fourth-order valence-corrected chi connectivity index (χ4v) is 6.62. The topological polar surface area (TPSA) is 58.6 Å². The predicted octanol–water partition coefficient (Wildman–Crippen LogP) is 5.74. The van der Waals surface area contributed by atoms with E-state index in [-0.39, 0.29) is 12.0 Å². The molecule has 0 aromatic heterocycles. The maximum atomic E-state index is 13.6. The summed E-state index contributed by atoms with van der Waals surface area (Å²) < 4.78 is 34.0. The number of fused-ring (bicyclic) bond motifs is 3. The highest BCUT2D eigenvalue weighted by Crippen LogP contribution is 2.50. The minimum atomic E-state index is -3.68. The molecular weight excluding hydrogens is 432 g/mol. The van der Waals surface area contributed by atoms with Crippen LogP contribution in [0.25, 0.3) is 0 Å². The van der Waals surface area contributed by atoms with E-state index in [1.54, 1.807) is 13.2 Å². The van der Waals surface area contributed by atoms with Gasteiger partial charge < -0.3 is 10.1 Å². The van der Waals surface area contributed by atoms with E-state index in [1.807, 2.05) is 61.5 Å². The fourth-order valence-electron chi connectivity index (χ4n) is 5.11. The number of rotatable bonds is 6. The van der Waals surface area contributed by atoms with Crippen LogP contribution in [0.15, 0.2) is 89.8 Å². The zero-order valence-corrected chi connectivity index (χ0v) is 19.6. The summed E-state index contributed by atoms with van der Waals surface area (Å²) in [5, 5.41) is 3.69. The van der Waals surface area contributed by atoms with E-state index in [0.717, 1.165) is 23.4 Å². The Hall–Kier alpha value is -3.25. The molecule has 6 heteroatoms. The molecule has 3 aromatic carbocycles. The van der Waals surface area contributed by atoms with Crippen LogP contribution >= 0.6 is 0 Å². The molecule has 170 valence electrons. The second kappa shape index (κ2) is 8.60. The number of sulfonamides is 1. The van der Waals surface area contributed by atoms with Gasteiger partial charge in [-0.15, -0.1) is 0 Å². The van der Waals surface area contributed by atoms with Crippen molar-refractivity contribution in [3.63, 3.8) is 0 Å². The number of methoxy groups -OCH3 is 1. The number of benzene rings is 3. The smallest absolute Gasteiger partial charge is 0.264 e. The summed E-state index contributed by atoms with van der Waals surface area (Å²) in [5.41, 5.74) is 3.87. The number of para-hydroxylation sites is 1. The molecule has 0 saturated heterocycles. The van der Waals surface area contributed by atoms with Gasteiger partial charge in [0.2, 0.25) is 0 Å². The summed E-state index contributed by atoms with van der Waals surface area (Å²) in [7, 11) is -2.00. The molecule has 1 N–H and O–H groups in total. The van der Waals surface area contributed by atoms with Crippen molar-refractivity contribution in [2.75, 3.05) is 23.3 Å². The number of allylic oxidation sites excluding steroid dienone is 2. The Balaban J connectivity index is 1.53. The molecule has 0 fully saturated rings. The molecule has 5 nitrogen and oxygen atoms in total. The number of ether oxygens (including phenoxy) is 1. The first kappa shape index (κ1) is 21.6. The maximum absolute atomic E-state index is 13.6. The van der Waals surface area contributed by atoms with Crippen LogP contribution in [0, 0.1) is 5.92 Å². The molecule has 3 aromatic rings. The van der Waals surface area contributed by atoms with E-state index >= 15 is 0 Å². The van der Waals surface area contributed by atoms with E-state index in [9.17, 15) is 8.42 Å². The third-order valence-electron chi connectivity index (χ3n) is 6.71. The fraction of sp³-hybridized carbons (Fsp3) is 0.259. The lowest BCUT2D eigenvalue weighted by Crippen LogP contribution is -2.32. The molecule has 1 aliphatic carbocycles. The first-order chi connectivity index (χ1) is 16.0. The van der Waals surface area contributed by atoms with Crippen LogP contribution in [0.5, 0.6) is 5.75 Å². The van der Waals surface area contributed by atoms with Gasteiger partial charge in [-0.3, -0.25) is 4.31 Å². The van der Waals surface area contributed by atoms with Crippen LogP contribution in [0.4, 0.5) is 11.4 Å². The molecule has 0 amide bonds. The Bertz CT molecular complexity index is 1290. The van der Waals surface area contributed by atoms with Crippen molar-refractivity contribution in [1.29, 1.82) is 0 Å². The van der Waals surface area contributed by atoms with Gasteiger partial charge in [-0.05, 0) is 72.9 Å². The average Bonchev–Trinajstić information content (AvgIpc) is 3.34. The molecule has 3 unspecified atom stereocenters. The van der Waals surface area contributed by atoms with Crippen molar-refractivity contribution in [3.8, 4) is 5.75 Å². The molecule has 0 bridgehead atoms. The Morgan fingerprint density at radius 2 is 1.85 bits per heavy atom. The highest BCUT2D eigenvalue weighted by Gasteiger charge is 2.39. The number of nitrogens with zero attached hydrogens (tertiary/aromatic N) is 1. The summed E-state index contributed by atoms with van der Waals surface area (Å²) in [6.45, 7) is 2.23. The molecule has 3 atom stereocenters. The zero-order valence-electron chi connectivity index (χ0n) is 18.8. The van der Waals surface area contributed by atoms with Crippen molar-refractivity contribution in [3.05, 3.63) is 96.1 Å². The summed E-state index contributed by atoms with van der Waals surface area (Å²) in [6, 6.07) is 23.1. The van der Waals surface area contributed by atoms with Crippen molar-refractivity contribution in [1.82, 2.24) is 0 Å². The molecule has 1 aliphatic heterocycles. The van der Waals surface area contributed by atoms with Crippen LogP contribution in [0.1, 0.15) is 36.4 Å². The molecule has 0 spiro atoms. The van der Waals surface area contributed by atoms with E-state index in [4.69, 9.17) is 4.74 Å². The minimum absolute atomic E-state index is 0.131. The van der Waals surface area contributed by atoms with E-state index in [2.05, 4.69) is 29.6 Å². The lowest BCUT2D eigenvalue weighted by atomic mass is 9.77. The van der Waals surface area contributed by atoms with Gasteiger partial charge in [0.1, 0.15) is 5.75 Å². The predicted molar refractivity (Wildman–Crippen MR) is 132 cm³/mol. The normalized spacial score (nSPS) is 21.1. The Labute approximate surface area is 195 Å². The quantitative estimate of drug-likeness (QED) is 0.477. The van der Waals surface area contributed by atoms with Crippen LogP contribution in [-0.2, 0) is 10.0 Å². The van der Waals surface area contributed by atoms with Crippen LogP contribution in [0.3, 0.4) is 0 Å². The largest absolute Gasteiger partial charge is 0.497 e. The van der Waals surface area contributed by atoms with Crippen molar-refractivity contribution in [2.24, 2.45) is 5.92 Å². The summed E-state index contributed by atoms with van der Waals surface area (Å²) in [5.74, 6) is 1.32. The minimum Gasteiger partial charge on any atom is -0.497 e. The number of hydrogen-bond acceptors (Lipinski definition) is 4. The molecule has 5 rings (SSSR count). The number of anilines is 2. The molecule has 0 saturated carbocycles. The zero-order chi connectivity index (χ0) is 23.0. The van der Waals surface area contributed by atoms with Gasteiger partial charge in [0.15, 0.2) is 0 Å². The molecule has 2 aliphatic rings. The Morgan fingerprint density at radius 3 is 2.61 bits per heavy atom. The van der Waals surface area contributed by atoms with E-state index in [1.165, 1.54) is 9.87 Å². The third-order valence-corrected chi connectivity index (χ3v) is 8.61. The van der Waals surface area contributed by atoms with Gasteiger partial charge in [-0.1, -0.05) is 42.5 Å². The summed E-state index contributed by atoms with van der Waals surface area (Å²) in [6.07, 6.45) is 5.38. The second-order valence-corrected chi connectivity index (χ2v) is 10.4. The first-order valence-electron chi connectivity index (χ1n) is 11.3. The highest BCUT2D eigenvalue weighted by atomic mass is 32.2.